The Labute approximate surface area is 163 Å². The van der Waals surface area contributed by atoms with E-state index < -0.39 is 10.3 Å². The fraction of sp³-hybridized carbons (Fsp3) is 0.368. The SMILES string of the molecule is NS(=O)(=O)OC[C@@H]1CC[C@H](n2ccc3c(CCc4ccccc4)ncnc32)O1. The van der Waals surface area contributed by atoms with Crippen LogP contribution in [0.1, 0.15) is 30.3 Å². The molecule has 0 unspecified atom stereocenters. The summed E-state index contributed by atoms with van der Waals surface area (Å²) in [6.45, 7) is -0.0775. The van der Waals surface area contributed by atoms with E-state index in [-0.39, 0.29) is 18.9 Å². The summed E-state index contributed by atoms with van der Waals surface area (Å²) in [6, 6.07) is 12.3. The second-order valence-corrected chi connectivity index (χ2v) is 8.05. The minimum Gasteiger partial charge on any atom is -0.352 e. The largest absolute Gasteiger partial charge is 0.352 e. The second-order valence-electron chi connectivity index (χ2n) is 6.83. The van der Waals surface area contributed by atoms with Crippen LogP contribution in [-0.2, 0) is 32.1 Å². The van der Waals surface area contributed by atoms with Gasteiger partial charge >= 0.3 is 10.3 Å². The number of hydrogen-bond donors (Lipinski definition) is 1. The van der Waals surface area contributed by atoms with Crippen molar-refractivity contribution in [3.05, 3.63) is 60.2 Å². The summed E-state index contributed by atoms with van der Waals surface area (Å²) in [5.41, 5.74) is 3.08. The van der Waals surface area contributed by atoms with Crippen molar-refractivity contribution in [3.8, 4) is 0 Å². The smallest absolute Gasteiger partial charge is 0.333 e. The first-order valence-corrected chi connectivity index (χ1v) is 10.6. The number of ether oxygens (including phenoxy) is 1. The molecule has 0 spiro atoms. The number of aromatic nitrogens is 3. The summed E-state index contributed by atoms with van der Waals surface area (Å²) < 4.78 is 34.5. The lowest BCUT2D eigenvalue weighted by molar-refractivity contribution is -0.0146. The van der Waals surface area contributed by atoms with Crippen LogP contribution in [0, 0.1) is 0 Å². The van der Waals surface area contributed by atoms with Gasteiger partial charge in [0, 0.05) is 11.6 Å². The highest BCUT2D eigenvalue weighted by Crippen LogP contribution is 2.32. The second kappa shape index (κ2) is 7.96. The fourth-order valence-corrected chi connectivity index (χ4v) is 3.89. The Hall–Kier alpha value is -2.33. The van der Waals surface area contributed by atoms with Crippen molar-refractivity contribution in [1.82, 2.24) is 14.5 Å². The van der Waals surface area contributed by atoms with Gasteiger partial charge in [0.05, 0.1) is 18.4 Å². The molecule has 2 N–H and O–H groups in total. The molecule has 9 heteroatoms. The molecule has 2 atom stereocenters. The normalized spacial score (nSPS) is 20.0. The minimum atomic E-state index is -3.96. The molecule has 4 rings (SSSR count). The van der Waals surface area contributed by atoms with Crippen LogP contribution in [0.4, 0.5) is 0 Å². The van der Waals surface area contributed by atoms with E-state index in [2.05, 4.69) is 26.3 Å². The quantitative estimate of drug-likeness (QED) is 0.648. The van der Waals surface area contributed by atoms with E-state index in [1.165, 1.54) is 5.56 Å². The van der Waals surface area contributed by atoms with Crippen molar-refractivity contribution in [3.63, 3.8) is 0 Å². The summed E-state index contributed by atoms with van der Waals surface area (Å²) in [7, 11) is -3.96. The molecule has 2 aromatic heterocycles. The highest BCUT2D eigenvalue weighted by molar-refractivity contribution is 7.84. The number of benzene rings is 1. The highest BCUT2D eigenvalue weighted by atomic mass is 32.2. The highest BCUT2D eigenvalue weighted by Gasteiger charge is 2.29. The Bertz CT molecular complexity index is 1050. The first kappa shape index (κ1) is 19.0. The topological polar surface area (TPSA) is 109 Å². The summed E-state index contributed by atoms with van der Waals surface area (Å²) in [4.78, 5) is 8.90. The first-order valence-electron chi connectivity index (χ1n) is 9.16. The van der Waals surface area contributed by atoms with E-state index in [1.807, 2.05) is 35.0 Å². The van der Waals surface area contributed by atoms with E-state index in [0.29, 0.717) is 6.42 Å². The molecule has 1 fully saturated rings. The van der Waals surface area contributed by atoms with Gasteiger partial charge in [-0.2, -0.15) is 8.42 Å². The average molecular weight is 402 g/mol. The Kier molecular flexibility index (Phi) is 5.40. The minimum absolute atomic E-state index is 0.0775. The number of aryl methyl sites for hydroxylation is 2. The van der Waals surface area contributed by atoms with Gasteiger partial charge in [0.15, 0.2) is 0 Å². The van der Waals surface area contributed by atoms with Gasteiger partial charge < -0.3 is 9.30 Å². The maximum atomic E-state index is 11.0. The zero-order chi connectivity index (χ0) is 19.6. The van der Waals surface area contributed by atoms with Crippen molar-refractivity contribution < 1.29 is 17.3 Å². The van der Waals surface area contributed by atoms with Gasteiger partial charge in [-0.15, -0.1) is 0 Å². The fourth-order valence-electron chi connectivity index (χ4n) is 3.55. The van der Waals surface area contributed by atoms with Crippen molar-refractivity contribution in [2.45, 2.75) is 38.0 Å². The molecule has 0 amide bonds. The molecule has 0 bridgehead atoms. The molecule has 1 aromatic carbocycles. The third-order valence-corrected chi connectivity index (χ3v) is 5.36. The molecule has 8 nitrogen and oxygen atoms in total. The number of fused-ring (bicyclic) bond motifs is 1. The molecule has 1 aliphatic rings. The standard InChI is InChI=1S/C19H22N4O4S/c20-28(24,25)26-12-15-7-9-18(27-15)23-11-10-16-17(21-13-22-19(16)23)8-6-14-4-2-1-3-5-14/h1-5,10-11,13,15,18H,6-9,12H2,(H2,20,24,25)/t15-,18+/m0/s1. The van der Waals surface area contributed by atoms with Gasteiger partial charge in [0.1, 0.15) is 18.2 Å². The third-order valence-electron chi connectivity index (χ3n) is 4.90. The van der Waals surface area contributed by atoms with Crippen molar-refractivity contribution in [2.24, 2.45) is 5.14 Å². The van der Waals surface area contributed by atoms with Crippen molar-refractivity contribution >= 4 is 21.3 Å². The molecule has 0 radical (unpaired) electrons. The van der Waals surface area contributed by atoms with Crippen LogP contribution in [0.25, 0.3) is 11.0 Å². The van der Waals surface area contributed by atoms with Crippen molar-refractivity contribution in [1.29, 1.82) is 0 Å². The van der Waals surface area contributed by atoms with E-state index in [9.17, 15) is 8.42 Å². The first-order chi connectivity index (χ1) is 13.5. The number of nitrogens with zero attached hydrogens (tertiary/aromatic N) is 3. The van der Waals surface area contributed by atoms with Gasteiger partial charge in [0.2, 0.25) is 0 Å². The molecule has 3 aromatic rings. The van der Waals surface area contributed by atoms with Crippen LogP contribution in [-0.4, -0.2) is 35.7 Å². The van der Waals surface area contributed by atoms with Crippen molar-refractivity contribution in [2.75, 3.05) is 6.61 Å². The van der Waals surface area contributed by atoms with Crippen LogP contribution in [0.15, 0.2) is 48.9 Å². The number of nitrogens with two attached hydrogens (primary N) is 1. The number of rotatable bonds is 7. The Morgan fingerprint density at radius 2 is 1.96 bits per heavy atom. The summed E-state index contributed by atoms with van der Waals surface area (Å²) in [5, 5.41) is 5.88. The summed E-state index contributed by atoms with van der Waals surface area (Å²) in [6.07, 6.45) is 6.14. The molecule has 1 aliphatic heterocycles. The maximum absolute atomic E-state index is 11.0. The van der Waals surface area contributed by atoms with Gasteiger partial charge in [0.25, 0.3) is 0 Å². The molecule has 1 saturated heterocycles. The van der Waals surface area contributed by atoms with Gasteiger partial charge in [-0.1, -0.05) is 30.3 Å². The molecular formula is C19H22N4O4S. The molecule has 148 valence electrons. The maximum Gasteiger partial charge on any atom is 0.333 e. The molecule has 0 saturated carbocycles. The molecular weight excluding hydrogens is 380 g/mol. The van der Waals surface area contributed by atoms with Crippen LogP contribution in [0.2, 0.25) is 0 Å². The zero-order valence-electron chi connectivity index (χ0n) is 15.3. The Balaban J connectivity index is 1.47. The average Bonchev–Trinajstić information content (AvgIpc) is 3.32. The van der Waals surface area contributed by atoms with Crippen LogP contribution in [0.3, 0.4) is 0 Å². The summed E-state index contributed by atoms with van der Waals surface area (Å²) >= 11 is 0. The van der Waals surface area contributed by atoms with Crippen LogP contribution in [0.5, 0.6) is 0 Å². The van der Waals surface area contributed by atoms with Gasteiger partial charge in [-0.3, -0.25) is 4.18 Å². The molecule has 3 heterocycles. The number of hydrogen-bond acceptors (Lipinski definition) is 6. The lowest BCUT2D eigenvalue weighted by Gasteiger charge is -2.15. The van der Waals surface area contributed by atoms with Gasteiger partial charge in [-0.25, -0.2) is 15.1 Å². The Morgan fingerprint density at radius 3 is 2.75 bits per heavy atom. The third kappa shape index (κ3) is 4.39. The van der Waals surface area contributed by atoms with Gasteiger partial charge in [-0.05, 0) is 37.3 Å². The van der Waals surface area contributed by atoms with E-state index in [4.69, 9.17) is 9.88 Å². The van der Waals surface area contributed by atoms with Crippen LogP contribution >= 0.6 is 0 Å². The summed E-state index contributed by atoms with van der Waals surface area (Å²) in [5.74, 6) is 0. The van der Waals surface area contributed by atoms with E-state index in [1.54, 1.807) is 6.33 Å². The molecule has 28 heavy (non-hydrogen) atoms. The molecule has 0 aliphatic carbocycles. The predicted molar refractivity (Wildman–Crippen MR) is 104 cm³/mol. The lowest BCUT2D eigenvalue weighted by atomic mass is 10.1. The van der Waals surface area contributed by atoms with Crippen LogP contribution < -0.4 is 5.14 Å². The zero-order valence-corrected chi connectivity index (χ0v) is 16.1. The lowest BCUT2D eigenvalue weighted by Crippen LogP contribution is -2.23. The van der Waals surface area contributed by atoms with E-state index >= 15 is 0 Å². The Morgan fingerprint density at radius 1 is 1.14 bits per heavy atom. The monoisotopic (exact) mass is 402 g/mol. The predicted octanol–water partition coefficient (Wildman–Crippen LogP) is 2.11. The van der Waals surface area contributed by atoms with E-state index in [0.717, 1.165) is 36.0 Å².